The highest BCUT2D eigenvalue weighted by Crippen LogP contribution is 2.22. The summed E-state index contributed by atoms with van der Waals surface area (Å²) in [6.07, 6.45) is 0. The average Bonchev–Trinajstić information content (AvgIpc) is 2.40. The molecule has 0 aliphatic rings. The predicted molar refractivity (Wildman–Crippen MR) is 68.7 cm³/mol. The Bertz CT molecular complexity index is 578. The first-order chi connectivity index (χ1) is 8.70. The summed E-state index contributed by atoms with van der Waals surface area (Å²) in [7, 11) is 0. The van der Waals surface area contributed by atoms with Gasteiger partial charge in [0.25, 0.3) is 0 Å². The Morgan fingerprint density at radius 2 is 1.78 bits per heavy atom. The fourth-order valence-electron chi connectivity index (χ4n) is 1.63. The van der Waals surface area contributed by atoms with Crippen molar-refractivity contribution in [2.45, 2.75) is 0 Å². The number of aromatic hydroxyl groups is 1. The lowest BCUT2D eigenvalue weighted by atomic mass is 10.0. The molecule has 0 bridgehead atoms. The lowest BCUT2D eigenvalue weighted by Gasteiger charge is -2.06. The van der Waals surface area contributed by atoms with E-state index in [9.17, 15) is 5.11 Å². The Hall–Kier alpha value is -2.69. The van der Waals surface area contributed by atoms with Crippen molar-refractivity contribution in [2.75, 3.05) is 0 Å². The largest absolute Gasteiger partial charge is 0.508 e. The first kappa shape index (κ1) is 11.8. The van der Waals surface area contributed by atoms with Gasteiger partial charge in [-0.2, -0.15) is 5.53 Å². The summed E-state index contributed by atoms with van der Waals surface area (Å²) in [5.41, 5.74) is 11.5. The minimum Gasteiger partial charge on any atom is -0.508 e. The molecule has 0 heterocycles. The van der Waals surface area contributed by atoms with Gasteiger partial charge in [-0.3, -0.25) is 5.41 Å². The monoisotopic (exact) mass is 240 g/mol. The highest BCUT2D eigenvalue weighted by molar-refractivity contribution is 5.97. The summed E-state index contributed by atoms with van der Waals surface area (Å²) >= 11 is 0. The summed E-state index contributed by atoms with van der Waals surface area (Å²) < 4.78 is 0. The minimum atomic E-state index is 0.0747. The number of phenolic OH excluding ortho intramolecular Hbond substituents is 1. The molecule has 0 radical (unpaired) electrons. The summed E-state index contributed by atoms with van der Waals surface area (Å²) in [6, 6.07) is 14.2. The van der Waals surface area contributed by atoms with Crippen molar-refractivity contribution in [2.24, 2.45) is 5.22 Å². The van der Waals surface area contributed by atoms with E-state index in [4.69, 9.17) is 10.9 Å². The summed E-state index contributed by atoms with van der Waals surface area (Å²) in [5, 5.41) is 19.9. The molecule has 0 saturated carbocycles. The Labute approximate surface area is 104 Å². The zero-order chi connectivity index (χ0) is 13.0. The first-order valence-corrected chi connectivity index (χ1v) is 5.31. The third-order valence-corrected chi connectivity index (χ3v) is 2.52. The van der Waals surface area contributed by atoms with Gasteiger partial charge in [0.05, 0.1) is 0 Å². The second kappa shape index (κ2) is 5.09. The molecular weight excluding hydrogens is 228 g/mol. The normalized spacial score (nSPS) is 9.78. The molecule has 0 amide bonds. The molecule has 0 atom stereocenters. The van der Waals surface area contributed by atoms with Crippen LogP contribution in [0.1, 0.15) is 5.56 Å². The van der Waals surface area contributed by atoms with E-state index in [0.29, 0.717) is 5.56 Å². The van der Waals surface area contributed by atoms with Gasteiger partial charge in [0, 0.05) is 5.56 Å². The van der Waals surface area contributed by atoms with Crippen molar-refractivity contribution in [1.29, 1.82) is 10.9 Å². The molecule has 0 fully saturated rings. The second-order valence-electron chi connectivity index (χ2n) is 3.73. The number of nitrogens with one attached hydrogen (secondary N) is 3. The molecule has 90 valence electrons. The Balaban J connectivity index is 2.35. The van der Waals surface area contributed by atoms with E-state index in [1.807, 2.05) is 18.2 Å². The maximum absolute atomic E-state index is 9.24. The zero-order valence-corrected chi connectivity index (χ0v) is 9.51. The molecule has 2 aromatic rings. The average molecular weight is 240 g/mol. The highest BCUT2D eigenvalue weighted by Gasteiger charge is 2.03. The third-order valence-electron chi connectivity index (χ3n) is 2.52. The van der Waals surface area contributed by atoms with Gasteiger partial charge in [0.2, 0.25) is 0 Å². The van der Waals surface area contributed by atoms with E-state index < -0.39 is 0 Å². The number of rotatable bonds is 3. The quantitative estimate of drug-likeness (QED) is 0.287. The fraction of sp³-hybridized carbons (Fsp3) is 0. The van der Waals surface area contributed by atoms with E-state index in [2.05, 4.69) is 10.6 Å². The molecule has 4 N–H and O–H groups in total. The van der Waals surface area contributed by atoms with Crippen LogP contribution in [0.15, 0.2) is 53.8 Å². The number of phenols is 1. The number of nitrogens with zero attached hydrogens (tertiary/aromatic N) is 1. The van der Waals surface area contributed by atoms with Crippen molar-refractivity contribution in [1.82, 2.24) is 5.43 Å². The molecular formula is C13H12N4O. The lowest BCUT2D eigenvalue weighted by Crippen LogP contribution is -2.16. The summed E-state index contributed by atoms with van der Waals surface area (Å²) in [6.45, 7) is 0. The van der Waals surface area contributed by atoms with Crippen LogP contribution in [0.4, 0.5) is 0 Å². The van der Waals surface area contributed by atoms with Crippen molar-refractivity contribution in [3.05, 3.63) is 54.1 Å². The van der Waals surface area contributed by atoms with Crippen LogP contribution in [0.25, 0.3) is 11.1 Å². The Kier molecular flexibility index (Phi) is 3.33. The van der Waals surface area contributed by atoms with Gasteiger partial charge in [-0.15, -0.1) is 0 Å². The SMILES string of the molecule is N=NNC(=N)c1cccc(-c2ccc(O)cc2)c1. The minimum absolute atomic E-state index is 0.0747. The van der Waals surface area contributed by atoms with Gasteiger partial charge < -0.3 is 5.11 Å². The third kappa shape index (κ3) is 2.52. The van der Waals surface area contributed by atoms with Crippen molar-refractivity contribution in [3.8, 4) is 16.9 Å². The number of benzene rings is 2. The molecule has 0 aliphatic carbocycles. The topological polar surface area (TPSA) is 92.3 Å². The maximum Gasteiger partial charge on any atom is 0.147 e. The highest BCUT2D eigenvalue weighted by atomic mass is 16.3. The molecule has 0 spiro atoms. The number of hydrogen-bond donors (Lipinski definition) is 4. The lowest BCUT2D eigenvalue weighted by molar-refractivity contribution is 0.475. The van der Waals surface area contributed by atoms with E-state index in [1.54, 1.807) is 30.3 Å². The zero-order valence-electron chi connectivity index (χ0n) is 9.51. The standard InChI is InChI=1S/C13H12N4O/c14-13(16-17-15)11-3-1-2-10(8-11)9-4-6-12(18)7-5-9/h1-8,18H,(H3,14,15,16). The van der Waals surface area contributed by atoms with Crippen LogP contribution < -0.4 is 5.43 Å². The molecule has 2 aromatic carbocycles. The van der Waals surface area contributed by atoms with Crippen LogP contribution >= 0.6 is 0 Å². The molecule has 5 heteroatoms. The van der Waals surface area contributed by atoms with Crippen LogP contribution in [-0.2, 0) is 0 Å². The van der Waals surface area contributed by atoms with E-state index in [1.165, 1.54) is 0 Å². The van der Waals surface area contributed by atoms with Gasteiger partial charge >= 0.3 is 0 Å². The number of amidine groups is 1. The maximum atomic E-state index is 9.24. The van der Waals surface area contributed by atoms with Crippen LogP contribution in [0.2, 0.25) is 0 Å². The van der Waals surface area contributed by atoms with Crippen LogP contribution in [0.5, 0.6) is 5.75 Å². The van der Waals surface area contributed by atoms with E-state index in [0.717, 1.165) is 11.1 Å². The fourth-order valence-corrected chi connectivity index (χ4v) is 1.63. The first-order valence-electron chi connectivity index (χ1n) is 5.31. The molecule has 5 nitrogen and oxygen atoms in total. The van der Waals surface area contributed by atoms with Crippen molar-refractivity contribution < 1.29 is 5.11 Å². The van der Waals surface area contributed by atoms with Crippen molar-refractivity contribution >= 4 is 5.84 Å². The molecule has 0 saturated heterocycles. The van der Waals surface area contributed by atoms with Crippen LogP contribution in [-0.4, -0.2) is 10.9 Å². The van der Waals surface area contributed by atoms with Gasteiger partial charge in [0.1, 0.15) is 11.6 Å². The molecule has 0 aliphatic heterocycles. The van der Waals surface area contributed by atoms with Gasteiger partial charge in [-0.1, -0.05) is 35.6 Å². The van der Waals surface area contributed by atoms with Crippen LogP contribution in [0.3, 0.4) is 0 Å². The second-order valence-corrected chi connectivity index (χ2v) is 3.73. The van der Waals surface area contributed by atoms with E-state index >= 15 is 0 Å². The van der Waals surface area contributed by atoms with E-state index in [-0.39, 0.29) is 11.6 Å². The van der Waals surface area contributed by atoms with Crippen molar-refractivity contribution in [3.63, 3.8) is 0 Å². The molecule has 2 rings (SSSR count). The summed E-state index contributed by atoms with van der Waals surface area (Å²) in [5.74, 6) is 0.294. The molecule has 0 aromatic heterocycles. The molecule has 0 unspecified atom stereocenters. The summed E-state index contributed by atoms with van der Waals surface area (Å²) in [4.78, 5) is 0. The van der Waals surface area contributed by atoms with Gasteiger partial charge in [-0.05, 0) is 29.3 Å². The predicted octanol–water partition coefficient (Wildman–Crippen LogP) is 2.92. The Morgan fingerprint density at radius 3 is 2.44 bits per heavy atom. The van der Waals surface area contributed by atoms with Crippen LogP contribution in [0, 0.1) is 10.9 Å². The molecule has 18 heavy (non-hydrogen) atoms. The smallest absolute Gasteiger partial charge is 0.147 e. The Morgan fingerprint density at radius 1 is 1.06 bits per heavy atom. The van der Waals surface area contributed by atoms with Gasteiger partial charge in [0.15, 0.2) is 0 Å². The van der Waals surface area contributed by atoms with Gasteiger partial charge in [-0.25, -0.2) is 5.43 Å². The number of hydrogen-bond acceptors (Lipinski definition) is 4.